The SMILES string of the molecule is CC(C)(C)OC(=O)N[C@H]1CCCC[C@@H]1Oc1ccc2c(c1)CN(C1CCC(=O)N(COCC[Si](C)(C)C)C1=O)C2=O. The molecule has 4 rings (SSSR count). The molecule has 1 aliphatic carbocycles. The van der Waals surface area contributed by atoms with E-state index >= 15 is 0 Å². The number of carbonyl (C=O) groups is 4. The first-order valence-electron chi connectivity index (χ1n) is 14.7. The molecule has 11 heteroatoms. The molecular formula is C30H45N3O7Si. The monoisotopic (exact) mass is 587 g/mol. The van der Waals surface area contributed by atoms with Crippen molar-refractivity contribution in [3.63, 3.8) is 0 Å². The summed E-state index contributed by atoms with van der Waals surface area (Å²) in [5.41, 5.74) is 0.729. The van der Waals surface area contributed by atoms with Crippen molar-refractivity contribution in [2.45, 2.75) is 115 Å². The topological polar surface area (TPSA) is 114 Å². The van der Waals surface area contributed by atoms with E-state index in [0.29, 0.717) is 24.3 Å². The Balaban J connectivity index is 1.39. The molecule has 1 saturated heterocycles. The predicted octanol–water partition coefficient (Wildman–Crippen LogP) is 4.69. The number of amides is 4. The number of nitrogens with one attached hydrogen (secondary N) is 1. The van der Waals surface area contributed by atoms with Gasteiger partial charge in [0.1, 0.15) is 30.2 Å². The quantitative estimate of drug-likeness (QED) is 0.253. The minimum Gasteiger partial charge on any atom is -0.488 e. The number of piperidine rings is 1. The highest BCUT2D eigenvalue weighted by Crippen LogP contribution is 2.33. The molecule has 41 heavy (non-hydrogen) atoms. The Morgan fingerprint density at radius 1 is 1.07 bits per heavy atom. The second kappa shape index (κ2) is 12.5. The van der Waals surface area contributed by atoms with Gasteiger partial charge in [0.05, 0.1) is 6.04 Å². The summed E-state index contributed by atoms with van der Waals surface area (Å²) in [7, 11) is -1.30. The Morgan fingerprint density at radius 2 is 1.80 bits per heavy atom. The van der Waals surface area contributed by atoms with Crippen molar-refractivity contribution in [2.24, 2.45) is 0 Å². The second-order valence-corrected chi connectivity index (χ2v) is 19.1. The van der Waals surface area contributed by atoms with Gasteiger partial charge >= 0.3 is 6.09 Å². The zero-order valence-corrected chi connectivity index (χ0v) is 26.3. The fourth-order valence-corrected chi connectivity index (χ4v) is 6.22. The Morgan fingerprint density at radius 3 is 2.51 bits per heavy atom. The Bertz CT molecular complexity index is 1160. The molecule has 1 unspecified atom stereocenters. The summed E-state index contributed by atoms with van der Waals surface area (Å²) in [5, 5.41) is 2.97. The minimum absolute atomic E-state index is 0.0779. The molecular weight excluding hydrogens is 542 g/mol. The molecule has 4 amide bonds. The number of rotatable bonds is 9. The number of imide groups is 1. The van der Waals surface area contributed by atoms with Crippen LogP contribution in [0.25, 0.3) is 0 Å². The van der Waals surface area contributed by atoms with Crippen molar-refractivity contribution < 1.29 is 33.4 Å². The molecule has 3 atom stereocenters. The largest absolute Gasteiger partial charge is 0.488 e. The predicted molar refractivity (Wildman–Crippen MR) is 156 cm³/mol. The summed E-state index contributed by atoms with van der Waals surface area (Å²) in [6.45, 7) is 12.9. The molecule has 1 aromatic rings. The highest BCUT2D eigenvalue weighted by molar-refractivity contribution is 6.76. The lowest BCUT2D eigenvalue weighted by molar-refractivity contribution is -0.158. The number of likely N-dealkylation sites (tertiary alicyclic amines) is 1. The van der Waals surface area contributed by atoms with Gasteiger partial charge in [-0.2, -0.15) is 0 Å². The number of ether oxygens (including phenoxy) is 3. The molecule has 0 aromatic heterocycles. The van der Waals surface area contributed by atoms with Crippen LogP contribution in [0.5, 0.6) is 5.75 Å². The van der Waals surface area contributed by atoms with Crippen molar-refractivity contribution in [2.75, 3.05) is 13.3 Å². The van der Waals surface area contributed by atoms with E-state index in [1.165, 1.54) is 0 Å². The Kier molecular flexibility index (Phi) is 9.48. The molecule has 2 aliphatic heterocycles. The van der Waals surface area contributed by atoms with Gasteiger partial charge in [0.25, 0.3) is 11.8 Å². The van der Waals surface area contributed by atoms with Crippen LogP contribution in [0.3, 0.4) is 0 Å². The second-order valence-electron chi connectivity index (χ2n) is 13.5. The summed E-state index contributed by atoms with van der Waals surface area (Å²) >= 11 is 0. The lowest BCUT2D eigenvalue weighted by Gasteiger charge is -2.35. The molecule has 0 radical (unpaired) electrons. The van der Waals surface area contributed by atoms with Crippen LogP contribution >= 0.6 is 0 Å². The van der Waals surface area contributed by atoms with Crippen LogP contribution < -0.4 is 10.1 Å². The molecule has 1 N–H and O–H groups in total. The molecule has 0 spiro atoms. The van der Waals surface area contributed by atoms with Crippen molar-refractivity contribution in [3.8, 4) is 5.75 Å². The van der Waals surface area contributed by atoms with Crippen molar-refractivity contribution in [1.29, 1.82) is 0 Å². The van der Waals surface area contributed by atoms with Crippen LogP contribution in [0.4, 0.5) is 4.79 Å². The summed E-state index contributed by atoms with van der Waals surface area (Å²) in [4.78, 5) is 54.3. The Hall–Kier alpha value is -2.92. The summed E-state index contributed by atoms with van der Waals surface area (Å²) in [6.07, 6.45) is 3.39. The number of fused-ring (bicyclic) bond motifs is 1. The Labute approximate surface area is 244 Å². The maximum Gasteiger partial charge on any atom is 0.408 e. The van der Waals surface area contributed by atoms with Gasteiger partial charge in [-0.3, -0.25) is 19.3 Å². The third-order valence-corrected chi connectivity index (χ3v) is 9.38. The van der Waals surface area contributed by atoms with Crippen LogP contribution in [-0.2, 0) is 25.6 Å². The van der Waals surface area contributed by atoms with Crippen LogP contribution in [0.2, 0.25) is 25.7 Å². The van der Waals surface area contributed by atoms with E-state index in [-0.39, 0.29) is 49.6 Å². The zero-order chi connectivity index (χ0) is 29.9. The first kappa shape index (κ1) is 31.0. The van der Waals surface area contributed by atoms with Crippen molar-refractivity contribution >= 4 is 31.9 Å². The van der Waals surface area contributed by atoms with Crippen molar-refractivity contribution in [1.82, 2.24) is 15.1 Å². The van der Waals surface area contributed by atoms with E-state index in [4.69, 9.17) is 14.2 Å². The summed E-state index contributed by atoms with van der Waals surface area (Å²) in [6, 6.07) is 5.41. The van der Waals surface area contributed by atoms with E-state index in [1.807, 2.05) is 26.8 Å². The van der Waals surface area contributed by atoms with Gasteiger partial charge in [0, 0.05) is 33.2 Å². The number of hydrogen-bond acceptors (Lipinski definition) is 7. The molecule has 226 valence electrons. The standard InChI is InChI=1S/C30H45N3O7Si/c1-30(2,3)40-29(37)31-23-9-7-8-10-25(23)39-21-11-12-22-20(17-21)18-32(27(22)35)24-13-14-26(34)33(28(24)36)19-38-15-16-41(4,5)6/h11-12,17,23-25H,7-10,13-16,18-19H2,1-6H3,(H,31,37)/t23-,24?,25-/m0/s1. The van der Waals surface area contributed by atoms with Gasteiger partial charge in [0.15, 0.2) is 0 Å². The van der Waals surface area contributed by atoms with Crippen LogP contribution in [0.1, 0.15) is 75.2 Å². The van der Waals surface area contributed by atoms with E-state index in [9.17, 15) is 19.2 Å². The van der Waals surface area contributed by atoms with Crippen LogP contribution in [0, 0.1) is 0 Å². The number of nitrogens with zero attached hydrogens (tertiary/aromatic N) is 2. The van der Waals surface area contributed by atoms with Gasteiger partial charge in [-0.1, -0.05) is 26.1 Å². The normalized spacial score (nSPS) is 23.5. The van der Waals surface area contributed by atoms with Gasteiger partial charge < -0.3 is 24.4 Å². The molecule has 10 nitrogen and oxygen atoms in total. The lowest BCUT2D eigenvalue weighted by atomic mass is 9.92. The fraction of sp³-hybridized carbons (Fsp3) is 0.667. The molecule has 1 saturated carbocycles. The maximum absolute atomic E-state index is 13.3. The van der Waals surface area contributed by atoms with Crippen molar-refractivity contribution in [3.05, 3.63) is 29.3 Å². The van der Waals surface area contributed by atoms with Gasteiger partial charge in [0.2, 0.25) is 5.91 Å². The van der Waals surface area contributed by atoms with Gasteiger partial charge in [-0.25, -0.2) is 4.79 Å². The first-order valence-corrected chi connectivity index (χ1v) is 18.4. The average Bonchev–Trinajstić information content (AvgIpc) is 3.18. The van der Waals surface area contributed by atoms with Gasteiger partial charge in [-0.05, 0) is 76.3 Å². The molecule has 2 fully saturated rings. The van der Waals surface area contributed by atoms with E-state index in [2.05, 4.69) is 25.0 Å². The minimum atomic E-state index is -1.30. The molecule has 0 bridgehead atoms. The number of benzene rings is 1. The molecule has 1 aromatic carbocycles. The van der Waals surface area contributed by atoms with E-state index < -0.39 is 25.8 Å². The third-order valence-electron chi connectivity index (χ3n) is 7.68. The number of hydrogen-bond donors (Lipinski definition) is 1. The lowest BCUT2D eigenvalue weighted by Crippen LogP contribution is -2.55. The zero-order valence-electron chi connectivity index (χ0n) is 25.3. The first-order chi connectivity index (χ1) is 19.2. The van der Waals surface area contributed by atoms with E-state index in [1.54, 1.807) is 17.0 Å². The smallest absolute Gasteiger partial charge is 0.408 e. The number of carbonyl (C=O) groups excluding carboxylic acids is 4. The molecule has 3 aliphatic rings. The average molecular weight is 588 g/mol. The summed E-state index contributed by atoms with van der Waals surface area (Å²) < 4.78 is 17.5. The van der Waals surface area contributed by atoms with Crippen LogP contribution in [-0.4, -0.2) is 78.8 Å². The maximum atomic E-state index is 13.3. The fourth-order valence-electron chi connectivity index (χ4n) is 5.46. The third kappa shape index (κ3) is 8.09. The highest BCUT2D eigenvalue weighted by atomic mass is 28.3. The van der Waals surface area contributed by atoms with Crippen LogP contribution in [0.15, 0.2) is 18.2 Å². The van der Waals surface area contributed by atoms with E-state index in [0.717, 1.165) is 42.2 Å². The number of alkyl carbamates (subject to hydrolysis) is 1. The highest BCUT2D eigenvalue weighted by Gasteiger charge is 2.43. The van der Waals surface area contributed by atoms with Gasteiger partial charge in [-0.15, -0.1) is 0 Å². The summed E-state index contributed by atoms with van der Waals surface area (Å²) in [5.74, 6) is -0.254. The molecule has 2 heterocycles.